The van der Waals surface area contributed by atoms with Crippen molar-refractivity contribution in [3.63, 3.8) is 0 Å². The van der Waals surface area contributed by atoms with Crippen LogP contribution in [-0.4, -0.2) is 63.4 Å². The highest BCUT2D eigenvalue weighted by Gasteiger charge is 2.24. The monoisotopic (exact) mass is 630 g/mol. The maximum atomic E-state index is 14.3. The molecule has 2 N–H and O–H groups in total. The van der Waals surface area contributed by atoms with Gasteiger partial charge in [0.1, 0.15) is 22.8 Å². The van der Waals surface area contributed by atoms with Crippen LogP contribution in [0.3, 0.4) is 0 Å². The number of aromatic nitrogens is 4. The summed E-state index contributed by atoms with van der Waals surface area (Å²) in [5.41, 5.74) is 5.09. The van der Waals surface area contributed by atoms with Gasteiger partial charge in [-0.2, -0.15) is 0 Å². The summed E-state index contributed by atoms with van der Waals surface area (Å²) in [4.78, 5) is 31.7. The second-order valence-electron chi connectivity index (χ2n) is 11.7. The number of imidazole rings is 1. The van der Waals surface area contributed by atoms with E-state index in [1.54, 1.807) is 24.4 Å². The second kappa shape index (κ2) is 12.6. The summed E-state index contributed by atoms with van der Waals surface area (Å²) < 4.78 is 30.5. The van der Waals surface area contributed by atoms with E-state index in [9.17, 15) is 13.6 Å². The Labute approximate surface area is 270 Å². The van der Waals surface area contributed by atoms with Crippen molar-refractivity contribution in [3.05, 3.63) is 121 Å². The quantitative estimate of drug-likeness (QED) is 0.190. The van der Waals surface area contributed by atoms with Crippen LogP contribution in [0.4, 0.5) is 31.8 Å². The number of hydrogen-bond donors (Lipinski definition) is 2. The number of anilines is 4. The molecule has 0 saturated carbocycles. The molecule has 1 fully saturated rings. The normalized spacial score (nSPS) is 14.6. The Balaban J connectivity index is 1.17. The fourth-order valence-electron chi connectivity index (χ4n) is 5.93. The predicted octanol–water partition coefficient (Wildman–Crippen LogP) is 6.87. The molecule has 9 nitrogen and oxygen atoms in total. The predicted molar refractivity (Wildman–Crippen MR) is 180 cm³/mol. The van der Waals surface area contributed by atoms with E-state index in [1.807, 2.05) is 53.1 Å². The molecule has 11 heteroatoms. The molecule has 1 aliphatic rings. The van der Waals surface area contributed by atoms with Gasteiger partial charge in [0.15, 0.2) is 0 Å². The van der Waals surface area contributed by atoms with Crippen molar-refractivity contribution in [3.8, 4) is 22.6 Å². The summed E-state index contributed by atoms with van der Waals surface area (Å²) >= 11 is 0. The highest BCUT2D eigenvalue weighted by Crippen LogP contribution is 2.34. The highest BCUT2D eigenvalue weighted by atomic mass is 19.1. The van der Waals surface area contributed by atoms with Crippen molar-refractivity contribution in [2.45, 2.75) is 12.5 Å². The second-order valence-corrected chi connectivity index (χ2v) is 11.7. The first kappa shape index (κ1) is 30.0. The van der Waals surface area contributed by atoms with Crippen molar-refractivity contribution in [1.82, 2.24) is 24.3 Å². The van der Waals surface area contributed by atoms with Crippen LogP contribution < -0.4 is 15.5 Å². The molecule has 0 radical (unpaired) electrons. The zero-order valence-corrected chi connectivity index (χ0v) is 25.9. The van der Waals surface area contributed by atoms with Crippen LogP contribution in [0.1, 0.15) is 16.8 Å². The third-order valence-electron chi connectivity index (χ3n) is 8.39. The first-order chi connectivity index (χ1) is 22.8. The Morgan fingerprint density at radius 3 is 2.45 bits per heavy atom. The number of hydrogen-bond acceptors (Lipinski definition) is 7. The van der Waals surface area contributed by atoms with E-state index < -0.39 is 23.1 Å². The van der Waals surface area contributed by atoms with Crippen LogP contribution in [0.2, 0.25) is 0 Å². The molecule has 0 spiro atoms. The van der Waals surface area contributed by atoms with Crippen molar-refractivity contribution in [2.24, 2.45) is 0 Å². The largest absolute Gasteiger partial charge is 0.370 e. The number of rotatable bonds is 8. The number of amides is 1. The summed E-state index contributed by atoms with van der Waals surface area (Å²) in [5.74, 6) is -2.33. The summed E-state index contributed by atoms with van der Waals surface area (Å²) in [6.07, 6.45) is 4.74. The number of nitrogens with zero attached hydrogens (tertiary/aromatic N) is 6. The molecule has 1 amide bonds. The average Bonchev–Trinajstić information content (AvgIpc) is 3.72. The highest BCUT2D eigenvalue weighted by molar-refractivity contribution is 6.05. The minimum atomic E-state index is -0.935. The van der Waals surface area contributed by atoms with Gasteiger partial charge in [-0.3, -0.25) is 9.20 Å². The van der Waals surface area contributed by atoms with Gasteiger partial charge in [-0.25, -0.2) is 23.7 Å². The molecular weight excluding hydrogens is 598 g/mol. The van der Waals surface area contributed by atoms with Gasteiger partial charge < -0.3 is 20.4 Å². The Bertz CT molecular complexity index is 2060. The zero-order valence-electron chi connectivity index (χ0n) is 25.9. The third kappa shape index (κ3) is 6.12. The topological polar surface area (TPSA) is 90.7 Å². The maximum Gasteiger partial charge on any atom is 0.261 e. The van der Waals surface area contributed by atoms with Gasteiger partial charge in [0.05, 0.1) is 17.1 Å². The molecule has 236 valence electrons. The number of carbonyl (C=O) groups is 1. The molecule has 1 aliphatic heterocycles. The smallest absolute Gasteiger partial charge is 0.261 e. The number of fused-ring (bicyclic) bond motifs is 1. The molecule has 0 aliphatic carbocycles. The van der Waals surface area contributed by atoms with Crippen LogP contribution in [-0.2, 0) is 0 Å². The van der Waals surface area contributed by atoms with Crippen LogP contribution in [0, 0.1) is 11.6 Å². The molecule has 7 rings (SSSR count). The molecule has 3 aromatic carbocycles. The number of benzene rings is 3. The summed E-state index contributed by atoms with van der Waals surface area (Å²) in [7, 11) is 4.25. The third-order valence-corrected chi connectivity index (χ3v) is 8.39. The van der Waals surface area contributed by atoms with Crippen LogP contribution in [0.25, 0.3) is 28.3 Å². The SMILES string of the molecule is CN(C)C1CCN(c2ccc(Nc3nccc(-c4c(-c5cccc(NC(=O)c6c(F)cccc6F)c5)nc5ccccn45)n3)cc2)C1. The van der Waals surface area contributed by atoms with Crippen molar-refractivity contribution in [2.75, 3.05) is 42.7 Å². The minimum Gasteiger partial charge on any atom is -0.370 e. The molecule has 1 unspecified atom stereocenters. The van der Waals surface area contributed by atoms with E-state index in [0.717, 1.165) is 43.0 Å². The summed E-state index contributed by atoms with van der Waals surface area (Å²) in [5, 5.41) is 5.94. The van der Waals surface area contributed by atoms with Crippen molar-refractivity contribution >= 4 is 34.6 Å². The van der Waals surface area contributed by atoms with Gasteiger partial charge in [-0.1, -0.05) is 24.3 Å². The molecule has 47 heavy (non-hydrogen) atoms. The molecular formula is C36H32F2N8O. The molecule has 4 heterocycles. The zero-order chi connectivity index (χ0) is 32.5. The van der Waals surface area contributed by atoms with Crippen LogP contribution in [0.5, 0.6) is 0 Å². The fraction of sp³-hybridized carbons (Fsp3) is 0.167. The van der Waals surface area contributed by atoms with E-state index in [2.05, 4.69) is 51.6 Å². The summed E-state index contributed by atoms with van der Waals surface area (Å²) in [6, 6.07) is 26.6. The lowest BCUT2D eigenvalue weighted by Crippen LogP contribution is -2.31. The molecule has 1 atom stereocenters. The molecule has 3 aromatic heterocycles. The molecule has 0 bridgehead atoms. The van der Waals surface area contributed by atoms with Crippen LogP contribution >= 0.6 is 0 Å². The van der Waals surface area contributed by atoms with Gasteiger partial charge in [-0.15, -0.1) is 0 Å². The Morgan fingerprint density at radius 2 is 1.68 bits per heavy atom. The molecule has 1 saturated heterocycles. The minimum absolute atomic E-state index is 0.359. The van der Waals surface area contributed by atoms with Gasteiger partial charge >= 0.3 is 0 Å². The lowest BCUT2D eigenvalue weighted by atomic mass is 10.1. The maximum absolute atomic E-state index is 14.3. The average molecular weight is 631 g/mol. The van der Waals surface area contributed by atoms with E-state index in [1.165, 1.54) is 11.8 Å². The first-order valence-corrected chi connectivity index (χ1v) is 15.3. The van der Waals surface area contributed by atoms with Gasteiger partial charge in [-0.05, 0) is 87.2 Å². The first-order valence-electron chi connectivity index (χ1n) is 15.3. The standard InChI is InChI=1S/C36H32F2N8O/c1-44(2)27-17-20-45(22-27)26-14-12-24(13-15-26)41-36-39-18-16-30(42-36)34-33(43-31-11-3-4-19-46(31)34)23-7-5-8-25(21-23)40-35(47)32-28(37)9-6-10-29(32)38/h3-16,18-19,21,27H,17,20,22H2,1-2H3,(H,40,47)(H,39,41,42). The van der Waals surface area contributed by atoms with Crippen molar-refractivity contribution < 1.29 is 13.6 Å². The Hall–Kier alpha value is -5.68. The number of nitrogens with one attached hydrogen (secondary N) is 2. The van der Waals surface area contributed by atoms with Crippen LogP contribution in [0.15, 0.2) is 103 Å². The van der Waals surface area contributed by atoms with Gasteiger partial charge in [0, 0.05) is 54.2 Å². The van der Waals surface area contributed by atoms with Crippen molar-refractivity contribution in [1.29, 1.82) is 0 Å². The van der Waals surface area contributed by atoms with Gasteiger partial charge in [0.2, 0.25) is 5.95 Å². The van der Waals surface area contributed by atoms with E-state index in [0.29, 0.717) is 40.3 Å². The number of pyridine rings is 1. The van der Waals surface area contributed by atoms with Gasteiger partial charge in [0.25, 0.3) is 5.91 Å². The fourth-order valence-corrected chi connectivity index (χ4v) is 5.93. The molecule has 6 aromatic rings. The summed E-state index contributed by atoms with van der Waals surface area (Å²) in [6.45, 7) is 2.04. The number of likely N-dealkylation sites (N-methyl/N-ethyl adjacent to an activating group) is 1. The lowest BCUT2D eigenvalue weighted by Gasteiger charge is -2.22. The van der Waals surface area contributed by atoms with E-state index in [4.69, 9.17) is 9.97 Å². The Kier molecular flexibility index (Phi) is 8.05. The number of halogens is 2. The number of carbonyl (C=O) groups excluding carboxylic acids is 1. The Morgan fingerprint density at radius 1 is 0.894 bits per heavy atom. The van der Waals surface area contributed by atoms with E-state index >= 15 is 0 Å². The van der Waals surface area contributed by atoms with E-state index in [-0.39, 0.29) is 0 Å². The lowest BCUT2D eigenvalue weighted by molar-refractivity contribution is 0.101.